The van der Waals surface area contributed by atoms with Crippen LogP contribution in [0.25, 0.3) is 10.9 Å². The van der Waals surface area contributed by atoms with Crippen LogP contribution in [0.15, 0.2) is 30.5 Å². The minimum absolute atomic E-state index is 0.241. The first-order valence-electron chi connectivity index (χ1n) is 5.66. The number of nitrogen functional groups attached to an aromatic ring is 1. The highest BCUT2D eigenvalue weighted by atomic mass is 16.5. The number of ether oxygens (including phenoxy) is 1. The average molecular weight is 245 g/mol. The zero-order valence-corrected chi connectivity index (χ0v) is 10.1. The van der Waals surface area contributed by atoms with Crippen molar-refractivity contribution in [2.45, 2.75) is 6.42 Å². The summed E-state index contributed by atoms with van der Waals surface area (Å²) >= 11 is 0. The zero-order valence-electron chi connectivity index (χ0n) is 10.1. The molecule has 5 heteroatoms. The van der Waals surface area contributed by atoms with Crippen molar-refractivity contribution < 1.29 is 9.53 Å². The van der Waals surface area contributed by atoms with Crippen molar-refractivity contribution in [3.05, 3.63) is 30.5 Å². The van der Waals surface area contributed by atoms with Crippen molar-refractivity contribution in [3.63, 3.8) is 0 Å². The summed E-state index contributed by atoms with van der Waals surface area (Å²) in [6, 6.07) is 7.45. The number of methoxy groups -OCH3 is 1. The zero-order chi connectivity index (χ0) is 13.0. The summed E-state index contributed by atoms with van der Waals surface area (Å²) in [5, 5.41) is 4.06. The molecule has 3 N–H and O–H groups in total. The van der Waals surface area contributed by atoms with Crippen LogP contribution in [-0.2, 0) is 9.53 Å². The van der Waals surface area contributed by atoms with E-state index in [-0.39, 0.29) is 5.97 Å². The Balaban J connectivity index is 2.18. The monoisotopic (exact) mass is 245 g/mol. The first-order chi connectivity index (χ1) is 8.72. The van der Waals surface area contributed by atoms with Crippen LogP contribution in [0, 0.1) is 0 Å². The van der Waals surface area contributed by atoms with E-state index in [0.29, 0.717) is 18.7 Å². The minimum atomic E-state index is -0.241. The van der Waals surface area contributed by atoms with Crippen LogP contribution in [0.2, 0.25) is 0 Å². The lowest BCUT2D eigenvalue weighted by atomic mass is 10.1. The summed E-state index contributed by atoms with van der Waals surface area (Å²) in [5.41, 5.74) is 8.25. The molecule has 94 valence electrons. The Hall–Kier alpha value is -2.30. The SMILES string of the molecule is COC(=O)CCNc1ccc(N)c2cccnc12. The highest BCUT2D eigenvalue weighted by Gasteiger charge is 2.05. The number of nitrogens with one attached hydrogen (secondary N) is 1. The van der Waals surface area contributed by atoms with E-state index in [2.05, 4.69) is 15.0 Å². The number of anilines is 2. The van der Waals surface area contributed by atoms with Gasteiger partial charge in [-0.15, -0.1) is 0 Å². The molecule has 0 saturated heterocycles. The molecule has 0 amide bonds. The van der Waals surface area contributed by atoms with Crippen molar-refractivity contribution in [1.82, 2.24) is 4.98 Å². The standard InChI is InChI=1S/C13H15N3O2/c1-18-12(17)6-8-15-11-5-4-10(14)9-3-2-7-16-13(9)11/h2-5,7,15H,6,8,14H2,1H3. The predicted molar refractivity (Wildman–Crippen MR) is 71.3 cm³/mol. The van der Waals surface area contributed by atoms with Gasteiger partial charge in [0.15, 0.2) is 0 Å². The topological polar surface area (TPSA) is 77.2 Å². The fourth-order valence-corrected chi connectivity index (χ4v) is 1.74. The maximum atomic E-state index is 11.0. The molecular weight excluding hydrogens is 230 g/mol. The maximum Gasteiger partial charge on any atom is 0.307 e. The Bertz CT molecular complexity index is 569. The molecule has 1 aromatic heterocycles. The number of carbonyl (C=O) groups is 1. The van der Waals surface area contributed by atoms with Gasteiger partial charge in [0.2, 0.25) is 0 Å². The average Bonchev–Trinajstić information content (AvgIpc) is 2.41. The number of hydrogen-bond donors (Lipinski definition) is 2. The van der Waals surface area contributed by atoms with Crippen molar-refractivity contribution in [2.75, 3.05) is 24.7 Å². The molecule has 5 nitrogen and oxygen atoms in total. The lowest BCUT2D eigenvalue weighted by Gasteiger charge is -2.09. The second kappa shape index (κ2) is 5.35. The molecule has 0 saturated carbocycles. The minimum Gasteiger partial charge on any atom is -0.469 e. The second-order valence-electron chi connectivity index (χ2n) is 3.85. The molecule has 0 radical (unpaired) electrons. The van der Waals surface area contributed by atoms with Crippen molar-refractivity contribution in [2.24, 2.45) is 0 Å². The van der Waals surface area contributed by atoms with Crippen LogP contribution >= 0.6 is 0 Å². The summed E-state index contributed by atoms with van der Waals surface area (Å²) in [6.07, 6.45) is 2.03. The number of nitrogens with two attached hydrogens (primary N) is 1. The summed E-state index contributed by atoms with van der Waals surface area (Å²) < 4.78 is 4.58. The second-order valence-corrected chi connectivity index (χ2v) is 3.85. The molecule has 0 atom stereocenters. The van der Waals surface area contributed by atoms with Crippen molar-refractivity contribution in [1.29, 1.82) is 0 Å². The van der Waals surface area contributed by atoms with Crippen LogP contribution < -0.4 is 11.1 Å². The lowest BCUT2D eigenvalue weighted by Crippen LogP contribution is -2.10. The van der Waals surface area contributed by atoms with E-state index < -0.39 is 0 Å². The predicted octanol–water partition coefficient (Wildman–Crippen LogP) is 1.79. The number of esters is 1. The third kappa shape index (κ3) is 2.51. The number of rotatable bonds is 4. The molecule has 0 fully saturated rings. The molecule has 18 heavy (non-hydrogen) atoms. The van der Waals surface area contributed by atoms with E-state index in [1.54, 1.807) is 6.20 Å². The smallest absolute Gasteiger partial charge is 0.307 e. The molecule has 2 rings (SSSR count). The van der Waals surface area contributed by atoms with E-state index in [1.807, 2.05) is 24.3 Å². The van der Waals surface area contributed by atoms with Gasteiger partial charge in [-0.3, -0.25) is 9.78 Å². The molecule has 0 aliphatic carbocycles. The largest absolute Gasteiger partial charge is 0.469 e. The van der Waals surface area contributed by atoms with Crippen molar-refractivity contribution >= 4 is 28.2 Å². The Labute approximate surface area is 105 Å². The molecule has 1 heterocycles. The van der Waals surface area contributed by atoms with Crippen LogP contribution in [0.3, 0.4) is 0 Å². The van der Waals surface area contributed by atoms with Gasteiger partial charge in [-0.25, -0.2) is 0 Å². The number of aromatic nitrogens is 1. The van der Waals surface area contributed by atoms with Gasteiger partial charge >= 0.3 is 5.97 Å². The summed E-state index contributed by atoms with van der Waals surface area (Å²) in [7, 11) is 1.38. The highest BCUT2D eigenvalue weighted by molar-refractivity contribution is 5.98. The third-order valence-electron chi connectivity index (χ3n) is 2.68. The summed E-state index contributed by atoms with van der Waals surface area (Å²) in [5.74, 6) is -0.241. The molecule has 0 aliphatic heterocycles. The van der Waals surface area contributed by atoms with Gasteiger partial charge in [0, 0.05) is 23.8 Å². The molecule has 0 aliphatic rings. The Morgan fingerprint density at radius 1 is 1.44 bits per heavy atom. The van der Waals surface area contributed by atoms with E-state index in [0.717, 1.165) is 16.6 Å². The summed E-state index contributed by atoms with van der Waals surface area (Å²) in [4.78, 5) is 15.3. The van der Waals surface area contributed by atoms with E-state index in [1.165, 1.54) is 7.11 Å². The first-order valence-corrected chi connectivity index (χ1v) is 5.66. The Morgan fingerprint density at radius 3 is 3.06 bits per heavy atom. The molecule has 0 spiro atoms. The lowest BCUT2D eigenvalue weighted by molar-refractivity contribution is -0.140. The Morgan fingerprint density at radius 2 is 2.28 bits per heavy atom. The van der Waals surface area contributed by atoms with Gasteiger partial charge in [0.1, 0.15) is 0 Å². The number of hydrogen-bond acceptors (Lipinski definition) is 5. The van der Waals surface area contributed by atoms with Gasteiger partial charge in [-0.1, -0.05) is 0 Å². The van der Waals surface area contributed by atoms with E-state index >= 15 is 0 Å². The number of carbonyl (C=O) groups excluding carboxylic acids is 1. The highest BCUT2D eigenvalue weighted by Crippen LogP contribution is 2.25. The van der Waals surface area contributed by atoms with Gasteiger partial charge in [-0.2, -0.15) is 0 Å². The van der Waals surface area contributed by atoms with Gasteiger partial charge in [-0.05, 0) is 24.3 Å². The van der Waals surface area contributed by atoms with Gasteiger partial charge in [0.05, 0.1) is 24.7 Å². The van der Waals surface area contributed by atoms with Crippen molar-refractivity contribution in [3.8, 4) is 0 Å². The van der Waals surface area contributed by atoms with Crippen LogP contribution in [0.5, 0.6) is 0 Å². The van der Waals surface area contributed by atoms with Crippen LogP contribution in [-0.4, -0.2) is 24.6 Å². The number of fused-ring (bicyclic) bond motifs is 1. The molecule has 0 unspecified atom stereocenters. The van der Waals surface area contributed by atoms with Crippen LogP contribution in [0.4, 0.5) is 11.4 Å². The number of pyridine rings is 1. The Kier molecular flexibility index (Phi) is 3.62. The van der Waals surface area contributed by atoms with Gasteiger partial charge < -0.3 is 15.8 Å². The van der Waals surface area contributed by atoms with Crippen LogP contribution in [0.1, 0.15) is 6.42 Å². The fraction of sp³-hybridized carbons (Fsp3) is 0.231. The molecule has 2 aromatic rings. The number of nitrogens with zero attached hydrogens (tertiary/aromatic N) is 1. The molecule has 1 aromatic carbocycles. The maximum absolute atomic E-state index is 11.0. The summed E-state index contributed by atoms with van der Waals surface area (Å²) in [6.45, 7) is 0.502. The number of benzene rings is 1. The molecular formula is C13H15N3O2. The van der Waals surface area contributed by atoms with Gasteiger partial charge in [0.25, 0.3) is 0 Å². The molecule has 0 bridgehead atoms. The van der Waals surface area contributed by atoms with E-state index in [4.69, 9.17) is 5.73 Å². The quantitative estimate of drug-likeness (QED) is 0.634. The fourth-order valence-electron chi connectivity index (χ4n) is 1.74. The third-order valence-corrected chi connectivity index (χ3v) is 2.68. The van der Waals surface area contributed by atoms with E-state index in [9.17, 15) is 4.79 Å². The first kappa shape index (κ1) is 12.2. The normalized spacial score (nSPS) is 10.3.